The summed E-state index contributed by atoms with van der Waals surface area (Å²) in [6.07, 6.45) is 7.10. The molecule has 0 aromatic carbocycles. The van der Waals surface area contributed by atoms with Gasteiger partial charge in [0.05, 0.1) is 12.0 Å². The van der Waals surface area contributed by atoms with Gasteiger partial charge in [0.1, 0.15) is 0 Å². The van der Waals surface area contributed by atoms with Crippen molar-refractivity contribution in [1.82, 2.24) is 10.6 Å². The molecule has 102 valence electrons. The molecule has 0 heterocycles. The second-order valence-corrected chi connectivity index (χ2v) is 5.57. The average Bonchev–Trinajstić information content (AvgIpc) is 3.20. The van der Waals surface area contributed by atoms with E-state index in [4.69, 9.17) is 5.73 Å². The third-order valence-electron chi connectivity index (χ3n) is 4.04. The normalized spacial score (nSPS) is 22.3. The van der Waals surface area contributed by atoms with Crippen LogP contribution in [0.1, 0.15) is 44.9 Å². The van der Waals surface area contributed by atoms with Gasteiger partial charge in [-0.05, 0) is 25.7 Å². The zero-order chi connectivity index (χ0) is 13.0. The molecule has 2 aliphatic rings. The molecule has 0 saturated heterocycles. The van der Waals surface area contributed by atoms with Crippen molar-refractivity contribution in [3.05, 3.63) is 0 Å². The molecule has 2 rings (SSSR count). The summed E-state index contributed by atoms with van der Waals surface area (Å²) in [6.45, 7) is 0.458. The summed E-state index contributed by atoms with van der Waals surface area (Å²) in [4.78, 5) is 23.7. The van der Waals surface area contributed by atoms with Gasteiger partial charge in [0, 0.05) is 12.6 Å². The molecule has 2 aliphatic carbocycles. The lowest BCUT2D eigenvalue weighted by molar-refractivity contribution is -0.134. The first kappa shape index (κ1) is 13.3. The van der Waals surface area contributed by atoms with E-state index in [-0.39, 0.29) is 18.4 Å². The van der Waals surface area contributed by atoms with Gasteiger partial charge in [-0.2, -0.15) is 0 Å². The van der Waals surface area contributed by atoms with E-state index in [1.807, 2.05) is 0 Å². The first-order valence-electron chi connectivity index (χ1n) is 6.94. The molecule has 18 heavy (non-hydrogen) atoms. The molecule has 2 saturated carbocycles. The van der Waals surface area contributed by atoms with Crippen molar-refractivity contribution in [3.63, 3.8) is 0 Å². The lowest BCUT2D eigenvalue weighted by Gasteiger charge is -2.34. The van der Waals surface area contributed by atoms with Gasteiger partial charge in [-0.3, -0.25) is 9.59 Å². The van der Waals surface area contributed by atoms with Crippen molar-refractivity contribution in [3.8, 4) is 0 Å². The number of hydrogen-bond donors (Lipinski definition) is 3. The van der Waals surface area contributed by atoms with Crippen molar-refractivity contribution < 1.29 is 9.59 Å². The van der Waals surface area contributed by atoms with Gasteiger partial charge >= 0.3 is 0 Å². The molecular formula is C13H23N3O2. The van der Waals surface area contributed by atoms with E-state index in [2.05, 4.69) is 10.6 Å². The first-order chi connectivity index (χ1) is 8.66. The highest BCUT2D eigenvalue weighted by Gasteiger charge is 2.38. The Morgan fingerprint density at radius 1 is 1.17 bits per heavy atom. The lowest BCUT2D eigenvalue weighted by Crippen LogP contribution is -2.49. The molecule has 0 bridgehead atoms. The van der Waals surface area contributed by atoms with Crippen LogP contribution in [-0.4, -0.2) is 30.9 Å². The van der Waals surface area contributed by atoms with Crippen LogP contribution in [0.3, 0.4) is 0 Å². The second kappa shape index (κ2) is 5.69. The van der Waals surface area contributed by atoms with Crippen LogP contribution >= 0.6 is 0 Å². The minimum atomic E-state index is -0.432. The standard InChI is InChI=1S/C13H23N3O2/c14-9-13(6-2-1-3-7-13)12(18)15-8-11(17)16-10-4-5-10/h10H,1-9,14H2,(H,15,18)(H,16,17). The van der Waals surface area contributed by atoms with Crippen LogP contribution in [0.25, 0.3) is 0 Å². The number of carbonyl (C=O) groups excluding carboxylic acids is 2. The smallest absolute Gasteiger partial charge is 0.239 e. The van der Waals surface area contributed by atoms with Gasteiger partial charge in [0.15, 0.2) is 0 Å². The van der Waals surface area contributed by atoms with Crippen molar-refractivity contribution in [1.29, 1.82) is 0 Å². The predicted octanol–water partition coefficient (Wildman–Crippen LogP) is 0.290. The fraction of sp³-hybridized carbons (Fsp3) is 0.846. The highest BCUT2D eigenvalue weighted by molar-refractivity contribution is 5.88. The maximum absolute atomic E-state index is 12.2. The molecule has 0 aliphatic heterocycles. The van der Waals surface area contributed by atoms with Gasteiger partial charge in [-0.25, -0.2) is 0 Å². The monoisotopic (exact) mass is 253 g/mol. The molecule has 0 spiro atoms. The molecular weight excluding hydrogens is 230 g/mol. The predicted molar refractivity (Wildman–Crippen MR) is 68.7 cm³/mol. The van der Waals surface area contributed by atoms with E-state index in [9.17, 15) is 9.59 Å². The molecule has 0 radical (unpaired) electrons. The molecule has 2 amide bonds. The Labute approximate surface area is 108 Å². The van der Waals surface area contributed by atoms with E-state index < -0.39 is 5.41 Å². The highest BCUT2D eigenvalue weighted by atomic mass is 16.2. The van der Waals surface area contributed by atoms with Crippen molar-refractivity contribution in [2.45, 2.75) is 51.0 Å². The van der Waals surface area contributed by atoms with Crippen LogP contribution in [0.5, 0.6) is 0 Å². The quantitative estimate of drug-likeness (QED) is 0.658. The number of rotatable bonds is 5. The summed E-state index contributed by atoms with van der Waals surface area (Å²) < 4.78 is 0. The summed E-state index contributed by atoms with van der Waals surface area (Å²) in [5.74, 6) is -0.135. The van der Waals surface area contributed by atoms with E-state index in [1.165, 1.54) is 6.42 Å². The number of carbonyl (C=O) groups is 2. The third-order valence-corrected chi connectivity index (χ3v) is 4.04. The molecule has 2 fully saturated rings. The molecule has 0 atom stereocenters. The Bertz CT molecular complexity index is 320. The van der Waals surface area contributed by atoms with Crippen LogP contribution in [0, 0.1) is 5.41 Å². The number of amides is 2. The fourth-order valence-corrected chi connectivity index (χ4v) is 2.61. The Kier molecular flexibility index (Phi) is 4.22. The number of nitrogens with two attached hydrogens (primary N) is 1. The van der Waals surface area contributed by atoms with Crippen LogP contribution in [0.15, 0.2) is 0 Å². The molecule has 4 N–H and O–H groups in total. The van der Waals surface area contributed by atoms with Gasteiger partial charge in [0.2, 0.25) is 11.8 Å². The zero-order valence-corrected chi connectivity index (χ0v) is 10.8. The molecule has 5 heteroatoms. The minimum absolute atomic E-state index is 0.0457. The summed E-state index contributed by atoms with van der Waals surface area (Å²) in [6, 6.07) is 0.340. The van der Waals surface area contributed by atoms with Crippen molar-refractivity contribution in [2.75, 3.05) is 13.1 Å². The lowest BCUT2D eigenvalue weighted by atomic mass is 9.73. The largest absolute Gasteiger partial charge is 0.352 e. The third kappa shape index (κ3) is 3.22. The van der Waals surface area contributed by atoms with Crippen LogP contribution in [0.2, 0.25) is 0 Å². The maximum atomic E-state index is 12.2. The Hall–Kier alpha value is -1.10. The summed E-state index contributed by atoms with van der Waals surface area (Å²) >= 11 is 0. The molecule has 0 aromatic heterocycles. The summed E-state index contributed by atoms with van der Waals surface area (Å²) in [5, 5.41) is 5.60. The Morgan fingerprint density at radius 2 is 1.83 bits per heavy atom. The van der Waals surface area contributed by atoms with E-state index in [1.54, 1.807) is 0 Å². The number of hydrogen-bond acceptors (Lipinski definition) is 3. The summed E-state index contributed by atoms with van der Waals surface area (Å²) in [5.41, 5.74) is 5.34. The first-order valence-corrected chi connectivity index (χ1v) is 6.94. The highest BCUT2D eigenvalue weighted by Crippen LogP contribution is 2.35. The molecule has 0 aromatic rings. The van der Waals surface area contributed by atoms with E-state index >= 15 is 0 Å². The molecule has 0 unspecified atom stereocenters. The summed E-state index contributed by atoms with van der Waals surface area (Å²) in [7, 11) is 0. The van der Waals surface area contributed by atoms with Crippen molar-refractivity contribution >= 4 is 11.8 Å². The Morgan fingerprint density at radius 3 is 2.39 bits per heavy atom. The fourth-order valence-electron chi connectivity index (χ4n) is 2.61. The zero-order valence-electron chi connectivity index (χ0n) is 10.8. The van der Waals surface area contributed by atoms with Gasteiger partial charge < -0.3 is 16.4 Å². The SMILES string of the molecule is NCC1(C(=O)NCC(=O)NC2CC2)CCCCC1. The molecule has 5 nitrogen and oxygen atoms in total. The van der Waals surface area contributed by atoms with Gasteiger partial charge in [-0.1, -0.05) is 19.3 Å². The van der Waals surface area contributed by atoms with E-state index in [0.717, 1.165) is 38.5 Å². The second-order valence-electron chi connectivity index (χ2n) is 5.57. The van der Waals surface area contributed by atoms with Gasteiger partial charge in [0.25, 0.3) is 0 Å². The van der Waals surface area contributed by atoms with Crippen molar-refractivity contribution in [2.24, 2.45) is 11.1 Å². The maximum Gasteiger partial charge on any atom is 0.239 e. The Balaban J connectivity index is 1.79. The van der Waals surface area contributed by atoms with Crippen LogP contribution < -0.4 is 16.4 Å². The average molecular weight is 253 g/mol. The minimum Gasteiger partial charge on any atom is -0.352 e. The number of nitrogens with one attached hydrogen (secondary N) is 2. The van der Waals surface area contributed by atoms with E-state index in [0.29, 0.717) is 12.6 Å². The van der Waals surface area contributed by atoms with Crippen LogP contribution in [0.4, 0.5) is 0 Å². The topological polar surface area (TPSA) is 84.2 Å². The van der Waals surface area contributed by atoms with Crippen LogP contribution in [-0.2, 0) is 9.59 Å². The van der Waals surface area contributed by atoms with Gasteiger partial charge in [-0.15, -0.1) is 0 Å².